The first kappa shape index (κ1) is 22.4. The SMILES string of the molecule is O=C(NCc1ccc(Cl)cc1F)c1ccc(Cl)cc1NS(=O)(=O)c1nccc2sncc12. The average molecular weight is 511 g/mol. The van der Waals surface area contributed by atoms with Gasteiger partial charge in [-0.05, 0) is 47.9 Å². The third kappa shape index (κ3) is 4.68. The molecule has 7 nitrogen and oxygen atoms in total. The lowest BCUT2D eigenvalue weighted by atomic mass is 10.1. The molecular formula is C20H13Cl2FN4O3S2. The molecule has 0 aliphatic carbocycles. The number of fused-ring (bicyclic) bond motifs is 1. The molecule has 0 spiro atoms. The maximum Gasteiger partial charge on any atom is 0.280 e. The van der Waals surface area contributed by atoms with Gasteiger partial charge in [0.05, 0.1) is 27.5 Å². The van der Waals surface area contributed by atoms with E-state index in [1.165, 1.54) is 42.7 Å². The molecule has 4 rings (SSSR count). The number of benzene rings is 2. The van der Waals surface area contributed by atoms with Crippen LogP contribution in [-0.4, -0.2) is 23.7 Å². The fourth-order valence-electron chi connectivity index (χ4n) is 2.91. The normalized spacial score (nSPS) is 11.5. The van der Waals surface area contributed by atoms with E-state index in [0.29, 0.717) is 10.1 Å². The van der Waals surface area contributed by atoms with Crippen LogP contribution in [0.5, 0.6) is 0 Å². The molecule has 12 heteroatoms. The highest BCUT2D eigenvalue weighted by atomic mass is 35.5. The Morgan fingerprint density at radius 2 is 1.84 bits per heavy atom. The number of anilines is 1. The number of nitrogens with one attached hydrogen (secondary N) is 2. The molecule has 0 bridgehead atoms. The van der Waals surface area contributed by atoms with Gasteiger partial charge >= 0.3 is 0 Å². The summed E-state index contributed by atoms with van der Waals surface area (Å²) in [5, 5.41) is 3.14. The number of amides is 1. The van der Waals surface area contributed by atoms with Gasteiger partial charge in [0.25, 0.3) is 15.9 Å². The number of sulfonamides is 1. The molecule has 0 saturated heterocycles. The Hall–Kier alpha value is -2.79. The highest BCUT2D eigenvalue weighted by Crippen LogP contribution is 2.28. The van der Waals surface area contributed by atoms with Crippen LogP contribution in [0, 0.1) is 5.82 Å². The van der Waals surface area contributed by atoms with Crippen LogP contribution in [0.4, 0.5) is 10.1 Å². The second-order valence-electron chi connectivity index (χ2n) is 6.57. The summed E-state index contributed by atoms with van der Waals surface area (Å²) in [4.78, 5) is 16.7. The number of nitrogens with zero attached hydrogens (tertiary/aromatic N) is 2. The summed E-state index contributed by atoms with van der Waals surface area (Å²) in [6.07, 6.45) is 2.77. The lowest BCUT2D eigenvalue weighted by molar-refractivity contribution is 0.0951. The smallest absolute Gasteiger partial charge is 0.280 e. The van der Waals surface area contributed by atoms with Gasteiger partial charge in [-0.2, -0.15) is 12.8 Å². The Labute approximate surface area is 196 Å². The molecule has 32 heavy (non-hydrogen) atoms. The van der Waals surface area contributed by atoms with E-state index in [4.69, 9.17) is 23.2 Å². The summed E-state index contributed by atoms with van der Waals surface area (Å²) in [5.74, 6) is -1.20. The number of aromatic nitrogens is 2. The topological polar surface area (TPSA) is 101 Å². The van der Waals surface area contributed by atoms with Gasteiger partial charge in [-0.25, -0.2) is 9.37 Å². The maximum absolute atomic E-state index is 14.0. The van der Waals surface area contributed by atoms with E-state index in [0.717, 1.165) is 17.6 Å². The Morgan fingerprint density at radius 1 is 1.09 bits per heavy atom. The number of hydrogen-bond donors (Lipinski definition) is 2. The third-order valence-corrected chi connectivity index (χ3v) is 6.98. The van der Waals surface area contributed by atoms with Gasteiger partial charge in [0, 0.05) is 28.4 Å². The lowest BCUT2D eigenvalue weighted by Crippen LogP contribution is -2.25. The molecule has 164 valence electrons. The minimum atomic E-state index is -4.17. The van der Waals surface area contributed by atoms with Crippen LogP contribution < -0.4 is 10.0 Å². The lowest BCUT2D eigenvalue weighted by Gasteiger charge is -2.13. The van der Waals surface area contributed by atoms with E-state index in [1.807, 2.05) is 0 Å². The van der Waals surface area contributed by atoms with Crippen molar-refractivity contribution in [2.45, 2.75) is 11.6 Å². The fraction of sp³-hybridized carbons (Fsp3) is 0.0500. The molecule has 0 aliphatic rings. The van der Waals surface area contributed by atoms with Gasteiger partial charge in [-0.1, -0.05) is 29.3 Å². The van der Waals surface area contributed by atoms with Crippen LogP contribution in [0.2, 0.25) is 10.0 Å². The van der Waals surface area contributed by atoms with E-state index in [1.54, 1.807) is 6.07 Å². The minimum Gasteiger partial charge on any atom is -0.348 e. The Balaban J connectivity index is 1.62. The van der Waals surface area contributed by atoms with Crippen molar-refractivity contribution in [3.8, 4) is 0 Å². The van der Waals surface area contributed by atoms with Gasteiger partial charge in [0.1, 0.15) is 5.82 Å². The summed E-state index contributed by atoms with van der Waals surface area (Å²) in [7, 11) is -4.17. The van der Waals surface area contributed by atoms with E-state index >= 15 is 0 Å². The molecule has 0 radical (unpaired) electrons. The molecule has 2 aromatic carbocycles. The number of carbonyl (C=O) groups is 1. The predicted molar refractivity (Wildman–Crippen MR) is 122 cm³/mol. The van der Waals surface area contributed by atoms with Crippen molar-refractivity contribution in [3.63, 3.8) is 0 Å². The maximum atomic E-state index is 14.0. The number of hydrogen-bond acceptors (Lipinski definition) is 6. The van der Waals surface area contributed by atoms with Crippen LogP contribution in [-0.2, 0) is 16.6 Å². The van der Waals surface area contributed by atoms with Crippen LogP contribution in [0.25, 0.3) is 10.1 Å². The van der Waals surface area contributed by atoms with Gasteiger partial charge in [-0.3, -0.25) is 9.52 Å². The second-order valence-corrected chi connectivity index (χ2v) is 9.87. The van der Waals surface area contributed by atoms with E-state index in [9.17, 15) is 17.6 Å². The summed E-state index contributed by atoms with van der Waals surface area (Å²) < 4.78 is 47.0. The number of halogens is 3. The minimum absolute atomic E-state index is 0.00275. The average Bonchev–Trinajstić information content (AvgIpc) is 3.21. The van der Waals surface area contributed by atoms with Crippen molar-refractivity contribution in [1.29, 1.82) is 0 Å². The number of rotatable bonds is 6. The molecule has 0 fully saturated rings. The molecule has 1 amide bonds. The van der Waals surface area contributed by atoms with Crippen LogP contribution in [0.15, 0.2) is 59.9 Å². The Kier molecular flexibility index (Phi) is 6.29. The van der Waals surface area contributed by atoms with Crippen molar-refractivity contribution in [2.75, 3.05) is 4.72 Å². The summed E-state index contributed by atoms with van der Waals surface area (Å²) in [5.41, 5.74) is 0.177. The van der Waals surface area contributed by atoms with Gasteiger partial charge in [0.2, 0.25) is 0 Å². The number of carbonyl (C=O) groups excluding carboxylic acids is 1. The van der Waals surface area contributed by atoms with Gasteiger partial charge in [-0.15, -0.1) is 0 Å². The van der Waals surface area contributed by atoms with E-state index in [2.05, 4.69) is 19.4 Å². The van der Waals surface area contributed by atoms with Crippen molar-refractivity contribution in [3.05, 3.63) is 81.8 Å². The molecule has 0 atom stereocenters. The third-order valence-electron chi connectivity index (χ3n) is 4.43. The highest BCUT2D eigenvalue weighted by Gasteiger charge is 2.23. The van der Waals surface area contributed by atoms with Gasteiger partial charge < -0.3 is 5.32 Å². The largest absolute Gasteiger partial charge is 0.348 e. The zero-order valence-corrected chi connectivity index (χ0v) is 19.1. The summed E-state index contributed by atoms with van der Waals surface area (Å²) in [6, 6.07) is 9.86. The Morgan fingerprint density at radius 3 is 2.62 bits per heavy atom. The fourth-order valence-corrected chi connectivity index (χ4v) is 5.16. The molecular weight excluding hydrogens is 498 g/mol. The first-order chi connectivity index (χ1) is 15.2. The zero-order chi connectivity index (χ0) is 22.9. The molecule has 2 aromatic heterocycles. The standard InChI is InChI=1S/C20H13Cl2FN4O3S2/c21-12-2-1-11(16(23)7-12)9-25-19(28)14-4-3-13(22)8-17(14)27-32(29,30)20-15-10-26-31-18(15)5-6-24-20/h1-8,10,27H,9H2,(H,25,28). The summed E-state index contributed by atoms with van der Waals surface area (Å²) >= 11 is 12.9. The van der Waals surface area contributed by atoms with Crippen LogP contribution in [0.1, 0.15) is 15.9 Å². The molecule has 4 aromatic rings. The monoisotopic (exact) mass is 510 g/mol. The van der Waals surface area contributed by atoms with E-state index in [-0.39, 0.29) is 38.4 Å². The zero-order valence-electron chi connectivity index (χ0n) is 16.0. The van der Waals surface area contributed by atoms with Crippen molar-refractivity contribution < 1.29 is 17.6 Å². The van der Waals surface area contributed by atoms with Gasteiger partial charge in [0.15, 0.2) is 5.03 Å². The van der Waals surface area contributed by atoms with Crippen LogP contribution >= 0.6 is 34.7 Å². The van der Waals surface area contributed by atoms with Crippen molar-refractivity contribution in [1.82, 2.24) is 14.7 Å². The molecule has 0 saturated carbocycles. The molecule has 0 aliphatic heterocycles. The first-order valence-corrected chi connectivity index (χ1v) is 12.0. The van der Waals surface area contributed by atoms with Crippen LogP contribution in [0.3, 0.4) is 0 Å². The van der Waals surface area contributed by atoms with E-state index < -0.39 is 21.7 Å². The van der Waals surface area contributed by atoms with Crippen molar-refractivity contribution >= 4 is 66.4 Å². The molecule has 0 unspecified atom stereocenters. The molecule has 2 heterocycles. The number of pyridine rings is 1. The highest BCUT2D eigenvalue weighted by molar-refractivity contribution is 7.92. The quantitative estimate of drug-likeness (QED) is 0.385. The Bertz CT molecular complexity index is 1440. The molecule has 2 N–H and O–H groups in total. The van der Waals surface area contributed by atoms with Crippen molar-refractivity contribution in [2.24, 2.45) is 0 Å². The first-order valence-electron chi connectivity index (χ1n) is 8.98. The second kappa shape index (κ2) is 8.99. The predicted octanol–water partition coefficient (Wildman–Crippen LogP) is 4.87. The summed E-state index contributed by atoms with van der Waals surface area (Å²) in [6.45, 7) is -0.127.